The molecule has 1 heterocycles. The monoisotopic (exact) mass is 407 g/mol. The number of benzene rings is 2. The second-order valence-electron chi connectivity index (χ2n) is 7.37. The van der Waals surface area contributed by atoms with E-state index in [0.717, 1.165) is 27.8 Å². The fraction of sp³-hybridized carbons (Fsp3) is 0.217. The van der Waals surface area contributed by atoms with E-state index in [2.05, 4.69) is 29.6 Å². The molecule has 1 aliphatic rings. The number of carboxylic acid groups (broad SMARTS) is 1. The smallest absolute Gasteiger partial charge is 0.407 e. The number of aliphatic carboxylic acids is 1. The van der Waals surface area contributed by atoms with E-state index in [1.54, 1.807) is 6.92 Å². The Kier molecular flexibility index (Phi) is 5.11. The Bertz CT molecular complexity index is 1000. The number of hydrogen-bond donors (Lipinski definition) is 2. The van der Waals surface area contributed by atoms with Crippen LogP contribution < -0.4 is 5.32 Å². The maximum Gasteiger partial charge on any atom is 0.407 e. The van der Waals surface area contributed by atoms with Crippen LogP contribution in [0.4, 0.5) is 4.79 Å². The average molecular weight is 407 g/mol. The zero-order chi connectivity index (χ0) is 20.4. The lowest BCUT2D eigenvalue weighted by Gasteiger charge is -2.28. The van der Waals surface area contributed by atoms with Crippen LogP contribution >= 0.6 is 11.3 Å². The van der Waals surface area contributed by atoms with Gasteiger partial charge in [-0.3, -0.25) is 4.79 Å². The third kappa shape index (κ3) is 3.76. The summed E-state index contributed by atoms with van der Waals surface area (Å²) >= 11 is 1.45. The summed E-state index contributed by atoms with van der Waals surface area (Å²) in [5, 5.41) is 15.8. The van der Waals surface area contributed by atoms with Gasteiger partial charge in [0.1, 0.15) is 6.61 Å². The van der Waals surface area contributed by atoms with Crippen molar-refractivity contribution in [3.8, 4) is 11.1 Å². The highest BCUT2D eigenvalue weighted by atomic mass is 32.1. The molecule has 1 aromatic heterocycles. The lowest BCUT2D eigenvalue weighted by molar-refractivity contribution is -0.138. The van der Waals surface area contributed by atoms with Crippen LogP contribution in [0, 0.1) is 0 Å². The van der Waals surface area contributed by atoms with E-state index in [0.29, 0.717) is 0 Å². The van der Waals surface area contributed by atoms with Gasteiger partial charge in [-0.05, 0) is 51.6 Å². The van der Waals surface area contributed by atoms with Crippen LogP contribution in [-0.4, -0.2) is 23.8 Å². The van der Waals surface area contributed by atoms with E-state index < -0.39 is 17.6 Å². The molecule has 0 aliphatic heterocycles. The van der Waals surface area contributed by atoms with Crippen LogP contribution in [0.5, 0.6) is 0 Å². The van der Waals surface area contributed by atoms with Crippen LogP contribution in [0.25, 0.3) is 11.1 Å². The summed E-state index contributed by atoms with van der Waals surface area (Å²) in [6.07, 6.45) is -0.852. The molecule has 148 valence electrons. The lowest BCUT2D eigenvalue weighted by Crippen LogP contribution is -2.45. The van der Waals surface area contributed by atoms with Gasteiger partial charge in [0.15, 0.2) is 0 Å². The number of hydrogen-bond acceptors (Lipinski definition) is 4. The van der Waals surface area contributed by atoms with Gasteiger partial charge in [0, 0.05) is 5.92 Å². The Balaban J connectivity index is 1.50. The van der Waals surface area contributed by atoms with Gasteiger partial charge in [-0.25, -0.2) is 4.79 Å². The number of carbonyl (C=O) groups excluding carboxylic acids is 1. The Morgan fingerprint density at radius 3 is 2.24 bits per heavy atom. The van der Waals surface area contributed by atoms with Crippen molar-refractivity contribution >= 4 is 23.4 Å². The number of amides is 1. The van der Waals surface area contributed by atoms with E-state index in [4.69, 9.17) is 4.74 Å². The van der Waals surface area contributed by atoms with Crippen molar-refractivity contribution in [2.75, 3.05) is 6.61 Å². The van der Waals surface area contributed by atoms with Gasteiger partial charge < -0.3 is 15.2 Å². The number of ether oxygens (including phenoxy) is 1. The standard InChI is InChI=1S/C23H21NO4S/c1-23(12-21(25)26,15-10-11-29-14-15)24-22(27)28-13-20-18-8-4-2-6-16(18)17-7-3-5-9-19(17)20/h2-11,14,20H,12-13H2,1H3,(H,24,27)(H,25,26). The van der Waals surface area contributed by atoms with E-state index in [-0.39, 0.29) is 18.9 Å². The average Bonchev–Trinajstić information content (AvgIpc) is 3.33. The summed E-state index contributed by atoms with van der Waals surface area (Å²) in [6, 6.07) is 18.1. The van der Waals surface area contributed by atoms with Crippen molar-refractivity contribution in [1.82, 2.24) is 5.32 Å². The molecule has 0 saturated carbocycles. The highest BCUT2D eigenvalue weighted by Gasteiger charge is 2.34. The first kappa shape index (κ1) is 19.2. The second kappa shape index (κ2) is 7.72. The number of fused-ring (bicyclic) bond motifs is 3. The van der Waals surface area contributed by atoms with Crippen molar-refractivity contribution in [3.63, 3.8) is 0 Å². The quantitative estimate of drug-likeness (QED) is 0.604. The number of thiophene rings is 1. The largest absolute Gasteiger partial charge is 0.481 e. The second-order valence-corrected chi connectivity index (χ2v) is 8.15. The molecule has 1 amide bonds. The Labute approximate surface area is 173 Å². The predicted octanol–water partition coefficient (Wildman–Crippen LogP) is 4.98. The first-order valence-corrected chi connectivity index (χ1v) is 10.3. The molecule has 6 heteroatoms. The van der Waals surface area contributed by atoms with E-state index in [1.165, 1.54) is 11.3 Å². The molecule has 0 radical (unpaired) electrons. The first-order chi connectivity index (χ1) is 14.0. The van der Waals surface area contributed by atoms with Crippen molar-refractivity contribution in [2.45, 2.75) is 24.8 Å². The zero-order valence-corrected chi connectivity index (χ0v) is 16.7. The summed E-state index contributed by atoms with van der Waals surface area (Å²) in [7, 11) is 0. The van der Waals surface area contributed by atoms with Crippen molar-refractivity contribution in [3.05, 3.63) is 82.0 Å². The van der Waals surface area contributed by atoms with E-state index in [1.807, 2.05) is 41.1 Å². The molecule has 2 aromatic carbocycles. The predicted molar refractivity (Wildman–Crippen MR) is 112 cm³/mol. The van der Waals surface area contributed by atoms with Gasteiger partial charge in [-0.1, -0.05) is 48.5 Å². The lowest BCUT2D eigenvalue weighted by atomic mass is 9.91. The number of carbonyl (C=O) groups is 2. The topological polar surface area (TPSA) is 75.6 Å². The van der Waals surface area contributed by atoms with Gasteiger partial charge >= 0.3 is 12.1 Å². The molecule has 0 bridgehead atoms. The molecule has 4 rings (SSSR count). The van der Waals surface area contributed by atoms with Gasteiger partial charge in [-0.2, -0.15) is 11.3 Å². The summed E-state index contributed by atoms with van der Waals surface area (Å²) in [6.45, 7) is 1.89. The maximum atomic E-state index is 12.6. The number of nitrogens with one attached hydrogen (secondary N) is 1. The third-order valence-corrected chi connectivity index (χ3v) is 6.07. The Morgan fingerprint density at radius 1 is 1.07 bits per heavy atom. The molecule has 2 N–H and O–H groups in total. The highest BCUT2D eigenvalue weighted by Crippen LogP contribution is 2.44. The third-order valence-electron chi connectivity index (χ3n) is 5.38. The molecule has 1 unspecified atom stereocenters. The van der Waals surface area contributed by atoms with Crippen molar-refractivity contribution in [2.24, 2.45) is 0 Å². The molecule has 5 nitrogen and oxygen atoms in total. The molecular weight excluding hydrogens is 386 g/mol. The highest BCUT2D eigenvalue weighted by molar-refractivity contribution is 7.08. The fourth-order valence-corrected chi connectivity index (χ4v) is 4.75. The summed E-state index contributed by atoms with van der Waals surface area (Å²) in [5.74, 6) is -1.03. The van der Waals surface area contributed by atoms with Crippen LogP contribution in [0.15, 0.2) is 65.4 Å². The maximum absolute atomic E-state index is 12.6. The molecule has 29 heavy (non-hydrogen) atoms. The normalized spacial score (nSPS) is 14.5. The number of alkyl carbamates (subject to hydrolysis) is 1. The van der Waals surface area contributed by atoms with Crippen molar-refractivity contribution < 1.29 is 19.4 Å². The molecule has 0 spiro atoms. The van der Waals surface area contributed by atoms with Crippen LogP contribution in [0.1, 0.15) is 36.0 Å². The Morgan fingerprint density at radius 2 is 1.69 bits per heavy atom. The fourth-order valence-electron chi connectivity index (χ4n) is 3.96. The minimum Gasteiger partial charge on any atom is -0.481 e. The minimum atomic E-state index is -1.03. The van der Waals surface area contributed by atoms with Gasteiger partial charge in [0.05, 0.1) is 12.0 Å². The van der Waals surface area contributed by atoms with Crippen LogP contribution in [0.2, 0.25) is 0 Å². The minimum absolute atomic E-state index is 0.0416. The molecule has 0 saturated heterocycles. The first-order valence-electron chi connectivity index (χ1n) is 9.35. The van der Waals surface area contributed by atoms with Gasteiger partial charge in [0.25, 0.3) is 0 Å². The van der Waals surface area contributed by atoms with Gasteiger partial charge in [-0.15, -0.1) is 0 Å². The van der Waals surface area contributed by atoms with E-state index >= 15 is 0 Å². The van der Waals surface area contributed by atoms with Gasteiger partial charge in [0.2, 0.25) is 0 Å². The summed E-state index contributed by atoms with van der Waals surface area (Å²) in [5.41, 5.74) is 4.30. The molecule has 1 atom stereocenters. The van der Waals surface area contributed by atoms with Crippen LogP contribution in [0.3, 0.4) is 0 Å². The Hall–Kier alpha value is -3.12. The molecular formula is C23H21NO4S. The SMILES string of the molecule is CC(CC(=O)O)(NC(=O)OCC1c2ccccc2-c2ccccc21)c1ccsc1. The van der Waals surface area contributed by atoms with Crippen molar-refractivity contribution in [1.29, 1.82) is 0 Å². The van der Waals surface area contributed by atoms with E-state index in [9.17, 15) is 14.7 Å². The number of rotatable bonds is 6. The molecule has 1 aliphatic carbocycles. The number of carboxylic acids is 1. The summed E-state index contributed by atoms with van der Waals surface area (Å²) in [4.78, 5) is 23.9. The summed E-state index contributed by atoms with van der Waals surface area (Å²) < 4.78 is 5.58. The molecule has 3 aromatic rings. The molecule has 0 fully saturated rings. The van der Waals surface area contributed by atoms with Crippen LogP contribution in [-0.2, 0) is 15.1 Å². The zero-order valence-electron chi connectivity index (χ0n) is 15.9.